The molecular formula is C13H14ClN3. The van der Waals surface area contributed by atoms with Crippen LogP contribution in [0, 0.1) is 13.8 Å². The number of halogens is 1. The van der Waals surface area contributed by atoms with Crippen LogP contribution in [0.4, 0.5) is 5.69 Å². The summed E-state index contributed by atoms with van der Waals surface area (Å²) in [5, 5.41) is 8.25. The first kappa shape index (κ1) is 11.7. The first-order valence-corrected chi connectivity index (χ1v) is 5.69. The molecule has 1 N–H and O–H groups in total. The van der Waals surface area contributed by atoms with Crippen molar-refractivity contribution in [2.24, 2.45) is 0 Å². The monoisotopic (exact) mass is 247 g/mol. The van der Waals surface area contributed by atoms with Gasteiger partial charge in [-0.05, 0) is 44.2 Å². The Morgan fingerprint density at radius 3 is 2.47 bits per heavy atom. The molecule has 0 radical (unpaired) electrons. The molecule has 0 aliphatic rings. The van der Waals surface area contributed by atoms with E-state index in [2.05, 4.69) is 17.0 Å². The van der Waals surface area contributed by atoms with E-state index in [0.717, 1.165) is 22.9 Å². The van der Waals surface area contributed by atoms with Gasteiger partial charge in [0.15, 0.2) is 0 Å². The number of nitrogens with zero attached hydrogens (tertiary/aromatic N) is 2. The second kappa shape index (κ2) is 4.63. The van der Waals surface area contributed by atoms with Crippen LogP contribution in [0.3, 0.4) is 0 Å². The molecule has 17 heavy (non-hydrogen) atoms. The van der Waals surface area contributed by atoms with Crippen LogP contribution in [0.2, 0.25) is 5.02 Å². The predicted octanol–water partition coefficient (Wildman–Crippen LogP) is 3.69. The van der Waals surface area contributed by atoms with Crippen molar-refractivity contribution < 1.29 is 0 Å². The van der Waals surface area contributed by atoms with Crippen LogP contribution in [-0.4, -0.2) is 9.78 Å². The van der Waals surface area contributed by atoms with Crippen molar-refractivity contribution in [3.8, 4) is 0 Å². The first-order chi connectivity index (χ1) is 8.06. The van der Waals surface area contributed by atoms with E-state index in [-0.39, 0.29) is 0 Å². The molecule has 0 amide bonds. The molecule has 0 spiro atoms. The topological polar surface area (TPSA) is 29.9 Å². The minimum atomic E-state index is 0.715. The lowest BCUT2D eigenvalue weighted by atomic mass is 10.3. The van der Waals surface area contributed by atoms with E-state index in [1.807, 2.05) is 44.2 Å². The fraction of sp³-hybridized carbons (Fsp3) is 0.154. The van der Waals surface area contributed by atoms with Crippen molar-refractivity contribution in [2.75, 3.05) is 5.32 Å². The maximum Gasteiger partial charge on any atom is 0.124 e. The van der Waals surface area contributed by atoms with Gasteiger partial charge in [0.25, 0.3) is 0 Å². The molecule has 2 aromatic rings. The molecule has 4 heteroatoms. The van der Waals surface area contributed by atoms with Crippen molar-refractivity contribution in [1.82, 2.24) is 9.78 Å². The van der Waals surface area contributed by atoms with E-state index >= 15 is 0 Å². The number of anilines is 1. The predicted molar refractivity (Wildman–Crippen MR) is 72.1 cm³/mol. The number of hydrogen-bond donors (Lipinski definition) is 1. The number of nitrogens with one attached hydrogen (secondary N) is 1. The summed E-state index contributed by atoms with van der Waals surface area (Å²) in [7, 11) is 0. The third-order valence-corrected chi connectivity index (χ3v) is 2.65. The number of rotatable bonds is 3. The van der Waals surface area contributed by atoms with E-state index in [1.165, 1.54) is 0 Å². The van der Waals surface area contributed by atoms with Gasteiger partial charge >= 0.3 is 0 Å². The number of aromatic nitrogens is 2. The summed E-state index contributed by atoms with van der Waals surface area (Å²) >= 11 is 5.83. The maximum absolute atomic E-state index is 5.83. The zero-order valence-corrected chi connectivity index (χ0v) is 10.6. The molecule has 0 fully saturated rings. The minimum absolute atomic E-state index is 0.715. The average Bonchev–Trinajstić information content (AvgIpc) is 2.61. The molecule has 1 aromatic heterocycles. The van der Waals surface area contributed by atoms with Gasteiger partial charge in [0, 0.05) is 16.4 Å². The van der Waals surface area contributed by atoms with Crippen LogP contribution < -0.4 is 5.32 Å². The third kappa shape index (κ3) is 2.68. The van der Waals surface area contributed by atoms with Gasteiger partial charge in [-0.1, -0.05) is 18.2 Å². The molecule has 0 saturated heterocycles. The normalized spacial score (nSPS) is 10.3. The van der Waals surface area contributed by atoms with E-state index in [9.17, 15) is 0 Å². The van der Waals surface area contributed by atoms with E-state index in [1.54, 1.807) is 4.68 Å². The Balaban J connectivity index is 2.17. The smallest absolute Gasteiger partial charge is 0.124 e. The summed E-state index contributed by atoms with van der Waals surface area (Å²) in [6.45, 7) is 7.93. The van der Waals surface area contributed by atoms with Crippen molar-refractivity contribution in [2.45, 2.75) is 13.8 Å². The van der Waals surface area contributed by atoms with Crippen LogP contribution in [0.5, 0.6) is 0 Å². The lowest BCUT2D eigenvalue weighted by molar-refractivity contribution is 0.852. The Labute approximate surface area is 106 Å². The highest BCUT2D eigenvalue weighted by molar-refractivity contribution is 6.30. The molecule has 1 heterocycles. The average molecular weight is 248 g/mol. The van der Waals surface area contributed by atoms with E-state index in [4.69, 9.17) is 11.6 Å². The molecular weight excluding hydrogens is 234 g/mol. The van der Waals surface area contributed by atoms with Crippen molar-refractivity contribution in [3.05, 3.63) is 53.3 Å². The van der Waals surface area contributed by atoms with Gasteiger partial charge in [0.2, 0.25) is 0 Å². The maximum atomic E-state index is 5.83. The summed E-state index contributed by atoms with van der Waals surface area (Å²) in [5.41, 5.74) is 2.96. The molecule has 0 aliphatic heterocycles. The standard InChI is InChI=1S/C13H14ClN3/c1-9-8-10(2)17(16-9)11(3)15-13-6-4-12(14)5-7-13/h4-8,15H,3H2,1-2H3. The highest BCUT2D eigenvalue weighted by atomic mass is 35.5. The third-order valence-electron chi connectivity index (χ3n) is 2.40. The number of benzene rings is 1. The van der Waals surface area contributed by atoms with Gasteiger partial charge < -0.3 is 5.32 Å². The molecule has 0 bridgehead atoms. The Hall–Kier alpha value is -1.74. The van der Waals surface area contributed by atoms with Crippen LogP contribution in [0.25, 0.3) is 5.82 Å². The van der Waals surface area contributed by atoms with Crippen LogP contribution >= 0.6 is 11.6 Å². The minimum Gasteiger partial charge on any atom is -0.341 e. The molecule has 88 valence electrons. The summed E-state index contributed by atoms with van der Waals surface area (Å²) in [6.07, 6.45) is 0. The summed E-state index contributed by atoms with van der Waals surface area (Å²) in [6, 6.07) is 9.48. The Bertz CT molecular complexity index is 540. The highest BCUT2D eigenvalue weighted by Gasteiger charge is 2.04. The second-order valence-electron chi connectivity index (χ2n) is 3.92. The molecule has 3 nitrogen and oxygen atoms in total. The molecule has 0 saturated carbocycles. The van der Waals surface area contributed by atoms with Crippen LogP contribution in [0.15, 0.2) is 36.9 Å². The van der Waals surface area contributed by atoms with Gasteiger partial charge in [-0.25, -0.2) is 4.68 Å². The molecule has 0 aliphatic carbocycles. The summed E-state index contributed by atoms with van der Waals surface area (Å²) in [4.78, 5) is 0. The lowest BCUT2D eigenvalue weighted by Crippen LogP contribution is -2.08. The summed E-state index contributed by atoms with van der Waals surface area (Å²) < 4.78 is 1.78. The second-order valence-corrected chi connectivity index (χ2v) is 4.35. The SMILES string of the molecule is C=C(Nc1ccc(Cl)cc1)n1nc(C)cc1C. The zero-order chi connectivity index (χ0) is 12.4. The zero-order valence-electron chi connectivity index (χ0n) is 9.87. The fourth-order valence-corrected chi connectivity index (χ4v) is 1.78. The Kier molecular flexibility index (Phi) is 3.20. The first-order valence-electron chi connectivity index (χ1n) is 5.31. The number of hydrogen-bond acceptors (Lipinski definition) is 2. The number of aryl methyl sites for hydroxylation is 2. The van der Waals surface area contributed by atoms with Crippen LogP contribution in [0.1, 0.15) is 11.4 Å². The molecule has 2 rings (SSSR count). The van der Waals surface area contributed by atoms with Gasteiger partial charge in [-0.3, -0.25) is 0 Å². The van der Waals surface area contributed by atoms with Gasteiger partial charge in [-0.15, -0.1) is 0 Å². The highest BCUT2D eigenvalue weighted by Crippen LogP contribution is 2.17. The van der Waals surface area contributed by atoms with Crippen molar-refractivity contribution in [3.63, 3.8) is 0 Å². The fourth-order valence-electron chi connectivity index (χ4n) is 1.65. The Morgan fingerprint density at radius 1 is 1.29 bits per heavy atom. The quantitative estimate of drug-likeness (QED) is 0.897. The van der Waals surface area contributed by atoms with Gasteiger partial charge in [0.05, 0.1) is 5.69 Å². The summed E-state index contributed by atoms with van der Waals surface area (Å²) in [5.74, 6) is 0.720. The van der Waals surface area contributed by atoms with Crippen molar-refractivity contribution in [1.29, 1.82) is 0 Å². The lowest BCUT2D eigenvalue weighted by Gasteiger charge is -2.11. The van der Waals surface area contributed by atoms with Crippen LogP contribution in [-0.2, 0) is 0 Å². The Morgan fingerprint density at radius 2 is 1.94 bits per heavy atom. The van der Waals surface area contributed by atoms with Gasteiger partial charge in [0.1, 0.15) is 5.82 Å². The molecule has 0 unspecified atom stereocenters. The van der Waals surface area contributed by atoms with E-state index < -0.39 is 0 Å². The van der Waals surface area contributed by atoms with Crippen molar-refractivity contribution >= 4 is 23.1 Å². The molecule has 0 atom stereocenters. The largest absolute Gasteiger partial charge is 0.341 e. The van der Waals surface area contributed by atoms with E-state index in [0.29, 0.717) is 5.02 Å². The molecule has 1 aromatic carbocycles. The van der Waals surface area contributed by atoms with Gasteiger partial charge in [-0.2, -0.15) is 5.10 Å².